The number of piperidine rings is 1. The van der Waals surface area contributed by atoms with Crippen molar-refractivity contribution < 1.29 is 0 Å². The Labute approximate surface area is 86.6 Å². The third-order valence-electron chi connectivity index (χ3n) is 5.79. The maximum absolute atomic E-state index is 3.67. The molecule has 1 heterocycles. The minimum absolute atomic E-state index is 0.785. The summed E-state index contributed by atoms with van der Waals surface area (Å²) in [7, 11) is 0. The van der Waals surface area contributed by atoms with Crippen molar-refractivity contribution in [3.05, 3.63) is 0 Å². The summed E-state index contributed by atoms with van der Waals surface area (Å²) in [5.74, 6) is 4.52. The van der Waals surface area contributed by atoms with Crippen molar-refractivity contribution in [3.63, 3.8) is 0 Å². The van der Waals surface area contributed by atoms with Crippen LogP contribution in [-0.4, -0.2) is 13.1 Å². The van der Waals surface area contributed by atoms with Gasteiger partial charge in [-0.15, -0.1) is 0 Å². The molecule has 4 aliphatic carbocycles. The molecule has 0 aromatic carbocycles. The van der Waals surface area contributed by atoms with Gasteiger partial charge in [0.1, 0.15) is 0 Å². The van der Waals surface area contributed by atoms with Crippen LogP contribution in [0.25, 0.3) is 0 Å². The number of hydrogen-bond donors (Lipinski definition) is 1. The van der Waals surface area contributed by atoms with Crippen molar-refractivity contribution >= 4 is 0 Å². The van der Waals surface area contributed by atoms with Gasteiger partial charge in [-0.05, 0) is 74.2 Å². The smallest absolute Gasteiger partial charge is 0.00108 e. The fourth-order valence-electron chi connectivity index (χ4n) is 5.73. The molecule has 0 aromatic rings. The minimum Gasteiger partial charge on any atom is -0.316 e. The molecule has 1 heteroatoms. The van der Waals surface area contributed by atoms with Gasteiger partial charge in [0.2, 0.25) is 0 Å². The molecule has 4 bridgehead atoms. The van der Waals surface area contributed by atoms with Gasteiger partial charge in [-0.2, -0.15) is 0 Å². The van der Waals surface area contributed by atoms with E-state index in [0.717, 1.165) is 29.1 Å². The lowest BCUT2D eigenvalue weighted by molar-refractivity contribution is -0.121. The Kier molecular flexibility index (Phi) is 1.49. The molecule has 3 unspecified atom stereocenters. The van der Waals surface area contributed by atoms with Gasteiger partial charge in [-0.1, -0.05) is 0 Å². The predicted octanol–water partition coefficient (Wildman–Crippen LogP) is 2.42. The van der Waals surface area contributed by atoms with Crippen molar-refractivity contribution in [1.82, 2.24) is 5.32 Å². The van der Waals surface area contributed by atoms with Crippen LogP contribution in [0.1, 0.15) is 38.5 Å². The molecule has 1 N–H and O–H groups in total. The summed E-state index contributed by atoms with van der Waals surface area (Å²) in [5, 5.41) is 3.67. The van der Waals surface area contributed by atoms with E-state index >= 15 is 0 Å². The van der Waals surface area contributed by atoms with E-state index < -0.39 is 0 Å². The average Bonchev–Trinajstić information content (AvgIpc) is 2.15. The highest BCUT2D eigenvalue weighted by atomic mass is 14.9. The standard InChI is InChI=1S/C13H21N/c1-2-14-8-13-6-9-3-10(7-13)5-11(4-9)12(1)13/h9-12,14H,1-8H2. The normalized spacial score (nSPS) is 60.0. The van der Waals surface area contributed by atoms with E-state index in [4.69, 9.17) is 0 Å². The Hall–Kier alpha value is -0.0400. The van der Waals surface area contributed by atoms with E-state index in [1.165, 1.54) is 19.5 Å². The highest BCUT2D eigenvalue weighted by molar-refractivity contribution is 5.08. The second kappa shape index (κ2) is 2.55. The van der Waals surface area contributed by atoms with Gasteiger partial charge in [0.05, 0.1) is 0 Å². The van der Waals surface area contributed by atoms with Gasteiger partial charge in [0.25, 0.3) is 0 Å². The summed E-state index contributed by atoms with van der Waals surface area (Å²) in [5.41, 5.74) is 0.785. The number of hydrogen-bond acceptors (Lipinski definition) is 1. The summed E-state index contributed by atoms with van der Waals surface area (Å²) in [6.45, 7) is 2.67. The number of rotatable bonds is 0. The zero-order chi connectivity index (χ0) is 9.17. The average molecular weight is 191 g/mol. The van der Waals surface area contributed by atoms with Gasteiger partial charge in [-0.3, -0.25) is 0 Å². The van der Waals surface area contributed by atoms with Crippen LogP contribution in [0.15, 0.2) is 0 Å². The molecule has 0 radical (unpaired) electrons. The Morgan fingerprint density at radius 3 is 2.57 bits per heavy atom. The van der Waals surface area contributed by atoms with E-state index in [9.17, 15) is 0 Å². The second-order valence-corrected chi connectivity index (χ2v) is 6.54. The second-order valence-electron chi connectivity index (χ2n) is 6.54. The van der Waals surface area contributed by atoms with Gasteiger partial charge in [-0.25, -0.2) is 0 Å². The Balaban J connectivity index is 1.75. The third-order valence-corrected chi connectivity index (χ3v) is 5.79. The molecule has 5 fully saturated rings. The van der Waals surface area contributed by atoms with Crippen LogP contribution >= 0.6 is 0 Å². The van der Waals surface area contributed by atoms with Crippen LogP contribution < -0.4 is 5.32 Å². The summed E-state index contributed by atoms with van der Waals surface area (Å²) < 4.78 is 0. The first-order valence-electron chi connectivity index (χ1n) is 6.56. The lowest BCUT2D eigenvalue weighted by Crippen LogP contribution is -2.59. The maximum atomic E-state index is 3.67. The molecule has 4 saturated carbocycles. The van der Waals surface area contributed by atoms with Crippen molar-refractivity contribution in [2.45, 2.75) is 38.5 Å². The quantitative estimate of drug-likeness (QED) is 0.620. The largest absolute Gasteiger partial charge is 0.316 e. The third kappa shape index (κ3) is 0.900. The van der Waals surface area contributed by atoms with Gasteiger partial charge < -0.3 is 5.32 Å². The molecule has 1 saturated heterocycles. The molecule has 1 spiro atoms. The van der Waals surface area contributed by atoms with E-state index in [1.807, 2.05) is 0 Å². The van der Waals surface area contributed by atoms with E-state index in [0.29, 0.717) is 0 Å². The molecule has 5 rings (SSSR count). The van der Waals surface area contributed by atoms with E-state index in [2.05, 4.69) is 5.32 Å². The molecular formula is C13H21N. The lowest BCUT2D eigenvalue weighted by atomic mass is 9.44. The first kappa shape index (κ1) is 8.15. The highest BCUT2D eigenvalue weighted by Crippen LogP contribution is 2.64. The van der Waals surface area contributed by atoms with Gasteiger partial charge in [0, 0.05) is 6.54 Å². The molecular weight excluding hydrogens is 170 g/mol. The van der Waals surface area contributed by atoms with Crippen molar-refractivity contribution in [2.75, 3.05) is 13.1 Å². The van der Waals surface area contributed by atoms with E-state index in [-0.39, 0.29) is 0 Å². The monoisotopic (exact) mass is 191 g/mol. The molecule has 0 aromatic heterocycles. The zero-order valence-electron chi connectivity index (χ0n) is 8.97. The number of nitrogens with one attached hydrogen (secondary N) is 1. The molecule has 0 amide bonds. The summed E-state index contributed by atoms with van der Waals surface area (Å²) in [6, 6.07) is 0. The molecule has 14 heavy (non-hydrogen) atoms. The summed E-state index contributed by atoms with van der Waals surface area (Å²) in [6.07, 6.45) is 9.44. The first-order chi connectivity index (χ1) is 6.86. The summed E-state index contributed by atoms with van der Waals surface area (Å²) in [4.78, 5) is 0. The summed E-state index contributed by atoms with van der Waals surface area (Å²) >= 11 is 0. The molecule has 1 nitrogen and oxygen atoms in total. The van der Waals surface area contributed by atoms with Crippen LogP contribution in [0.2, 0.25) is 0 Å². The molecule has 5 aliphatic rings. The van der Waals surface area contributed by atoms with Crippen LogP contribution in [-0.2, 0) is 0 Å². The van der Waals surface area contributed by atoms with Gasteiger partial charge in [0.15, 0.2) is 0 Å². The van der Waals surface area contributed by atoms with Gasteiger partial charge >= 0.3 is 0 Å². The van der Waals surface area contributed by atoms with Crippen molar-refractivity contribution in [3.8, 4) is 0 Å². The fraction of sp³-hybridized carbons (Fsp3) is 1.00. The zero-order valence-corrected chi connectivity index (χ0v) is 8.97. The molecule has 3 atom stereocenters. The SMILES string of the molecule is C1CC2C3CC4CC(C3)CC2(CN1)C4. The molecule has 78 valence electrons. The van der Waals surface area contributed by atoms with Crippen LogP contribution in [0, 0.1) is 29.1 Å². The topological polar surface area (TPSA) is 12.0 Å². The van der Waals surface area contributed by atoms with Crippen LogP contribution in [0.3, 0.4) is 0 Å². The molecule has 1 aliphatic heterocycles. The Morgan fingerprint density at radius 1 is 1.00 bits per heavy atom. The highest BCUT2D eigenvalue weighted by Gasteiger charge is 2.57. The van der Waals surface area contributed by atoms with Crippen molar-refractivity contribution in [1.29, 1.82) is 0 Å². The fourth-order valence-corrected chi connectivity index (χ4v) is 5.73. The maximum Gasteiger partial charge on any atom is 0.00108 e. The Bertz CT molecular complexity index is 246. The lowest BCUT2D eigenvalue weighted by Gasteiger charge is -2.63. The predicted molar refractivity (Wildman–Crippen MR) is 57.0 cm³/mol. The van der Waals surface area contributed by atoms with E-state index in [1.54, 1.807) is 32.1 Å². The minimum atomic E-state index is 0.785. The van der Waals surface area contributed by atoms with Crippen LogP contribution in [0.4, 0.5) is 0 Å². The van der Waals surface area contributed by atoms with Crippen molar-refractivity contribution in [2.24, 2.45) is 29.1 Å². The van der Waals surface area contributed by atoms with Crippen LogP contribution in [0.5, 0.6) is 0 Å². The first-order valence-corrected chi connectivity index (χ1v) is 6.56. The Morgan fingerprint density at radius 2 is 1.79 bits per heavy atom.